The third-order valence-electron chi connectivity index (χ3n) is 5.26. The lowest BCUT2D eigenvalue weighted by Crippen LogP contribution is -2.30. The molecule has 0 saturated heterocycles. The molecule has 28 heavy (non-hydrogen) atoms. The normalized spacial score (nSPS) is 15.9. The zero-order valence-electron chi connectivity index (χ0n) is 15.6. The summed E-state index contributed by atoms with van der Waals surface area (Å²) in [4.78, 5) is 11.4. The number of halogens is 4. The lowest BCUT2D eigenvalue weighted by atomic mass is 9.65. The summed E-state index contributed by atoms with van der Waals surface area (Å²) < 4.78 is 14.2. The predicted molar refractivity (Wildman–Crippen MR) is 125 cm³/mol. The van der Waals surface area contributed by atoms with Gasteiger partial charge in [-0.25, -0.2) is 0 Å². The number of methoxy groups -OCH3 is 1. The van der Waals surface area contributed by atoms with Gasteiger partial charge in [-0.05, 0) is 112 Å². The van der Waals surface area contributed by atoms with Gasteiger partial charge in [0.1, 0.15) is 5.75 Å². The van der Waals surface area contributed by atoms with Crippen molar-refractivity contribution < 1.29 is 14.3 Å². The summed E-state index contributed by atoms with van der Waals surface area (Å²) in [5.74, 6) is 0.964. The molecule has 2 aromatic rings. The van der Waals surface area contributed by atoms with Gasteiger partial charge in [-0.15, -0.1) is 0 Å². The van der Waals surface area contributed by atoms with Gasteiger partial charge in [-0.2, -0.15) is 0 Å². The van der Waals surface area contributed by atoms with E-state index in [1.807, 2.05) is 0 Å². The molecule has 1 saturated carbocycles. The Morgan fingerprint density at radius 2 is 1.25 bits per heavy atom. The third kappa shape index (κ3) is 4.37. The van der Waals surface area contributed by atoms with Crippen molar-refractivity contribution in [2.45, 2.75) is 44.4 Å². The molecule has 0 aliphatic heterocycles. The Morgan fingerprint density at radius 1 is 0.821 bits per heavy atom. The Balaban J connectivity index is 2.17. The number of carbonyl (C=O) groups is 1. The number of benzene rings is 2. The van der Waals surface area contributed by atoms with E-state index in [-0.39, 0.29) is 11.4 Å². The van der Waals surface area contributed by atoms with Crippen molar-refractivity contribution in [2.75, 3.05) is 7.11 Å². The molecule has 3 nitrogen and oxygen atoms in total. The number of hydrogen-bond acceptors (Lipinski definition) is 3. The van der Waals surface area contributed by atoms with Crippen LogP contribution in [-0.2, 0) is 10.2 Å². The third-order valence-corrected chi connectivity index (χ3v) is 7.61. The van der Waals surface area contributed by atoms with Gasteiger partial charge in [-0.1, -0.05) is 19.3 Å². The van der Waals surface area contributed by atoms with E-state index in [1.54, 1.807) is 7.11 Å². The summed E-state index contributed by atoms with van der Waals surface area (Å²) in [7, 11) is 1.67. The van der Waals surface area contributed by atoms with Crippen LogP contribution in [0.1, 0.15) is 50.2 Å². The smallest absolute Gasteiger partial charge is 0.308 e. The first-order valence-corrected chi connectivity index (χ1v) is 12.2. The maximum atomic E-state index is 11.4. The number of esters is 1. The van der Waals surface area contributed by atoms with Gasteiger partial charge in [0.15, 0.2) is 5.75 Å². The van der Waals surface area contributed by atoms with E-state index >= 15 is 0 Å². The molecule has 0 bridgehead atoms. The number of carbonyl (C=O) groups excluding carboxylic acids is 1. The Hall–Kier alpha value is -0.370. The van der Waals surface area contributed by atoms with E-state index < -0.39 is 0 Å². The zero-order valence-corrected chi connectivity index (χ0v) is 21.9. The second kappa shape index (κ2) is 9.19. The van der Waals surface area contributed by atoms with Crippen molar-refractivity contribution in [2.24, 2.45) is 0 Å². The molecule has 0 spiro atoms. The van der Waals surface area contributed by atoms with Gasteiger partial charge in [0, 0.05) is 12.3 Å². The van der Waals surface area contributed by atoms with Crippen LogP contribution in [0.2, 0.25) is 0 Å². The SMILES string of the molecule is COc1c(Br)cc(C2(c3cc(Br)c(OC(C)=O)c(Br)c3)CCCCC2)cc1Br. The maximum absolute atomic E-state index is 11.4. The minimum absolute atomic E-state index is 0.116. The van der Waals surface area contributed by atoms with E-state index in [0.717, 1.165) is 36.5 Å². The average Bonchev–Trinajstić information content (AvgIpc) is 2.64. The topological polar surface area (TPSA) is 35.5 Å². The zero-order chi connectivity index (χ0) is 20.5. The summed E-state index contributed by atoms with van der Waals surface area (Å²) in [6, 6.07) is 8.49. The van der Waals surface area contributed by atoms with Gasteiger partial charge in [0.2, 0.25) is 0 Å². The lowest BCUT2D eigenvalue weighted by molar-refractivity contribution is -0.131. The standard InChI is InChI=1S/C21H20Br4O3/c1-12(26)28-20-17(24)10-14(11-18(20)25)21(6-4-3-5-7-21)13-8-15(22)19(27-2)16(23)9-13/h8-11H,3-7H2,1-2H3. The van der Waals surface area contributed by atoms with Gasteiger partial charge in [0.05, 0.1) is 25.0 Å². The molecule has 7 heteroatoms. The number of hydrogen-bond donors (Lipinski definition) is 0. The highest BCUT2D eigenvalue weighted by Crippen LogP contribution is 2.50. The van der Waals surface area contributed by atoms with Gasteiger partial charge in [0.25, 0.3) is 0 Å². The second-order valence-corrected chi connectivity index (χ2v) is 10.4. The summed E-state index contributed by atoms with van der Waals surface area (Å²) in [5, 5.41) is 0. The summed E-state index contributed by atoms with van der Waals surface area (Å²) in [6.07, 6.45) is 5.70. The fourth-order valence-electron chi connectivity index (χ4n) is 4.01. The molecule has 3 rings (SSSR count). The summed E-state index contributed by atoms with van der Waals surface area (Å²) in [6.45, 7) is 1.40. The van der Waals surface area contributed by atoms with Gasteiger partial charge < -0.3 is 9.47 Å². The minimum Gasteiger partial charge on any atom is -0.494 e. The number of rotatable bonds is 4. The minimum atomic E-state index is -0.343. The molecular formula is C21H20Br4O3. The van der Waals surface area contributed by atoms with Crippen molar-refractivity contribution in [3.05, 3.63) is 53.3 Å². The first-order valence-electron chi connectivity index (χ1n) is 9.00. The number of ether oxygens (including phenoxy) is 2. The quantitative estimate of drug-likeness (QED) is 0.252. The largest absolute Gasteiger partial charge is 0.494 e. The molecule has 150 valence electrons. The summed E-state index contributed by atoms with van der Waals surface area (Å²) >= 11 is 14.5. The van der Waals surface area contributed by atoms with Crippen LogP contribution in [0, 0.1) is 0 Å². The molecule has 2 aromatic carbocycles. The Labute approximate surface area is 199 Å². The highest BCUT2D eigenvalue weighted by molar-refractivity contribution is 9.11. The molecule has 1 aliphatic rings. The monoisotopic (exact) mass is 636 g/mol. The highest BCUT2D eigenvalue weighted by atomic mass is 79.9. The van der Waals surface area contributed by atoms with Crippen LogP contribution >= 0.6 is 63.7 Å². The fourth-order valence-corrected chi connectivity index (χ4v) is 6.87. The van der Waals surface area contributed by atoms with Crippen LogP contribution in [0.15, 0.2) is 42.2 Å². The van der Waals surface area contributed by atoms with E-state index in [4.69, 9.17) is 9.47 Å². The lowest BCUT2D eigenvalue weighted by Gasteiger charge is -2.39. The molecule has 0 aromatic heterocycles. The van der Waals surface area contributed by atoms with Crippen LogP contribution in [-0.4, -0.2) is 13.1 Å². The molecule has 0 radical (unpaired) electrons. The van der Waals surface area contributed by atoms with Crippen LogP contribution < -0.4 is 9.47 Å². The van der Waals surface area contributed by atoms with Crippen LogP contribution in [0.4, 0.5) is 0 Å². The maximum Gasteiger partial charge on any atom is 0.308 e. The highest BCUT2D eigenvalue weighted by Gasteiger charge is 2.37. The average molecular weight is 640 g/mol. The van der Waals surface area contributed by atoms with Crippen molar-refractivity contribution in [1.82, 2.24) is 0 Å². The predicted octanol–water partition coefficient (Wildman–Crippen LogP) is 7.92. The van der Waals surface area contributed by atoms with Crippen molar-refractivity contribution >= 4 is 69.7 Å². The van der Waals surface area contributed by atoms with E-state index in [1.165, 1.54) is 37.3 Å². The molecular weight excluding hydrogens is 620 g/mol. The van der Waals surface area contributed by atoms with Crippen LogP contribution in [0.3, 0.4) is 0 Å². The van der Waals surface area contributed by atoms with Crippen LogP contribution in [0.5, 0.6) is 11.5 Å². The van der Waals surface area contributed by atoms with Gasteiger partial charge in [-0.3, -0.25) is 4.79 Å². The van der Waals surface area contributed by atoms with E-state index in [0.29, 0.717) is 5.75 Å². The van der Waals surface area contributed by atoms with Crippen molar-refractivity contribution in [3.63, 3.8) is 0 Å². The van der Waals surface area contributed by atoms with Crippen molar-refractivity contribution in [3.8, 4) is 11.5 Å². The molecule has 0 unspecified atom stereocenters. The molecule has 1 aliphatic carbocycles. The van der Waals surface area contributed by atoms with Gasteiger partial charge >= 0.3 is 5.97 Å². The molecule has 1 fully saturated rings. The second-order valence-electron chi connectivity index (χ2n) is 6.98. The molecule has 0 amide bonds. The van der Waals surface area contributed by atoms with E-state index in [9.17, 15) is 4.79 Å². The fraction of sp³-hybridized carbons (Fsp3) is 0.381. The molecule has 0 atom stereocenters. The van der Waals surface area contributed by atoms with Crippen LogP contribution in [0.25, 0.3) is 0 Å². The Bertz CT molecular complexity index is 859. The first kappa shape index (κ1) is 22.3. The summed E-state index contributed by atoms with van der Waals surface area (Å²) in [5.41, 5.74) is 2.33. The van der Waals surface area contributed by atoms with Crippen molar-refractivity contribution in [1.29, 1.82) is 0 Å². The Morgan fingerprint density at radius 3 is 1.64 bits per heavy atom. The molecule has 0 heterocycles. The molecule has 0 N–H and O–H groups in total. The first-order chi connectivity index (χ1) is 13.3. The van der Waals surface area contributed by atoms with E-state index in [2.05, 4.69) is 88.0 Å². The Kier molecular flexibility index (Phi) is 7.32.